The average Bonchev–Trinajstić information content (AvgIpc) is 2.94. The van der Waals surface area contributed by atoms with Crippen LogP contribution in [0.4, 0.5) is 0 Å². The maximum Gasteiger partial charge on any atom is 0.313 e. The van der Waals surface area contributed by atoms with Crippen molar-refractivity contribution in [3.8, 4) is 0 Å². The third-order valence-corrected chi connectivity index (χ3v) is 6.20. The summed E-state index contributed by atoms with van der Waals surface area (Å²) in [6.45, 7) is 11.7. The number of nitrogens with one attached hydrogen (secondary N) is 1. The molecule has 0 aromatic heterocycles. The van der Waals surface area contributed by atoms with E-state index in [1.54, 1.807) is 44.2 Å². The molecule has 0 aliphatic heterocycles. The second-order valence-electron chi connectivity index (χ2n) is 9.62. The fourth-order valence-corrected chi connectivity index (χ4v) is 4.12. The molecule has 3 rings (SSSR count). The van der Waals surface area contributed by atoms with Crippen molar-refractivity contribution in [3.63, 3.8) is 0 Å². The molecule has 5 heteroatoms. The summed E-state index contributed by atoms with van der Waals surface area (Å²) in [4.78, 5) is 39.8. The smallest absolute Gasteiger partial charge is 0.313 e. The van der Waals surface area contributed by atoms with Crippen LogP contribution in [0, 0.1) is 5.92 Å². The Bertz CT molecular complexity index is 1010. The van der Waals surface area contributed by atoms with E-state index < -0.39 is 16.9 Å². The summed E-state index contributed by atoms with van der Waals surface area (Å²) in [6.07, 6.45) is 0. The molecule has 0 saturated heterocycles. The van der Waals surface area contributed by atoms with Crippen LogP contribution in [-0.4, -0.2) is 29.2 Å². The van der Waals surface area contributed by atoms with E-state index >= 15 is 0 Å². The van der Waals surface area contributed by atoms with Gasteiger partial charge in [0.2, 0.25) is 0 Å². The van der Waals surface area contributed by atoms with Crippen LogP contribution in [0.3, 0.4) is 0 Å². The van der Waals surface area contributed by atoms with Crippen molar-refractivity contribution >= 4 is 17.5 Å². The zero-order valence-corrected chi connectivity index (χ0v) is 19.1. The van der Waals surface area contributed by atoms with Gasteiger partial charge in [0.25, 0.3) is 0 Å². The van der Waals surface area contributed by atoms with E-state index in [4.69, 9.17) is 0 Å². The minimum absolute atomic E-state index is 0.171. The predicted octanol–water partition coefficient (Wildman–Crippen LogP) is 4.69. The number of hydrogen-bond acceptors (Lipinski definition) is 4. The zero-order valence-electron chi connectivity index (χ0n) is 19.1. The van der Waals surface area contributed by atoms with Crippen molar-refractivity contribution in [3.05, 3.63) is 70.3 Å². The van der Waals surface area contributed by atoms with Crippen molar-refractivity contribution in [2.45, 2.75) is 58.4 Å². The molecule has 2 N–H and O–H groups in total. The number of rotatable bonds is 7. The van der Waals surface area contributed by atoms with Crippen LogP contribution in [0.25, 0.3) is 0 Å². The van der Waals surface area contributed by atoms with E-state index in [2.05, 4.69) is 5.32 Å². The predicted molar refractivity (Wildman–Crippen MR) is 121 cm³/mol. The molecule has 2 aromatic carbocycles. The van der Waals surface area contributed by atoms with Gasteiger partial charge in [-0.05, 0) is 48.9 Å². The highest BCUT2D eigenvalue weighted by molar-refractivity contribution is 6.33. The number of fused-ring (bicyclic) bond motifs is 1. The van der Waals surface area contributed by atoms with Gasteiger partial charge in [-0.25, -0.2) is 0 Å². The molecule has 1 aliphatic rings. The lowest BCUT2D eigenvalue weighted by Crippen LogP contribution is -2.54. The molecule has 0 fully saturated rings. The summed E-state index contributed by atoms with van der Waals surface area (Å²) in [7, 11) is 0. The van der Waals surface area contributed by atoms with Gasteiger partial charge < -0.3 is 5.11 Å². The van der Waals surface area contributed by atoms with Gasteiger partial charge in [-0.1, -0.05) is 70.2 Å². The van der Waals surface area contributed by atoms with Crippen LogP contribution in [-0.2, 0) is 15.7 Å². The third kappa shape index (κ3) is 3.61. The van der Waals surface area contributed by atoms with E-state index in [0.29, 0.717) is 28.8 Å². The molecule has 1 aliphatic carbocycles. The standard InChI is InChI=1S/C26H31NO4/c1-15(2)14-27-26(22(28)18-9-7-8-10-19(18)23(26)29)20-12-11-17(16(3)4)13-21(20)25(5,6)24(30)31/h7-13,15-16,27H,14H2,1-6H3,(H,30,31). The number of hydrogen-bond donors (Lipinski definition) is 2. The molecule has 0 saturated carbocycles. The first-order chi connectivity index (χ1) is 14.4. The molecular formula is C26H31NO4. The van der Waals surface area contributed by atoms with Crippen LogP contribution in [0.1, 0.15) is 84.9 Å². The topological polar surface area (TPSA) is 83.5 Å². The maximum absolute atomic E-state index is 13.8. The number of carboxylic acid groups (broad SMARTS) is 1. The fourth-order valence-electron chi connectivity index (χ4n) is 4.12. The highest BCUT2D eigenvalue weighted by Gasteiger charge is 2.56. The summed E-state index contributed by atoms with van der Waals surface area (Å²) in [5.74, 6) is -1.30. The Balaban J connectivity index is 2.35. The highest BCUT2D eigenvalue weighted by Crippen LogP contribution is 2.43. The summed E-state index contributed by atoms with van der Waals surface area (Å²) < 4.78 is 0. The van der Waals surface area contributed by atoms with E-state index in [0.717, 1.165) is 5.56 Å². The summed E-state index contributed by atoms with van der Waals surface area (Å²) in [5.41, 5.74) is -0.310. The normalized spacial score (nSPS) is 15.6. The third-order valence-electron chi connectivity index (χ3n) is 6.20. The first kappa shape index (κ1) is 22.9. The average molecular weight is 422 g/mol. The Morgan fingerprint density at radius 1 is 1.00 bits per heavy atom. The maximum atomic E-state index is 13.8. The van der Waals surface area contributed by atoms with Crippen LogP contribution in [0.15, 0.2) is 42.5 Å². The fraction of sp³-hybridized carbons (Fsp3) is 0.423. The zero-order chi connectivity index (χ0) is 23.1. The van der Waals surface area contributed by atoms with Gasteiger partial charge in [-0.15, -0.1) is 0 Å². The van der Waals surface area contributed by atoms with Gasteiger partial charge in [0.05, 0.1) is 5.41 Å². The molecule has 0 spiro atoms. The molecule has 0 bridgehead atoms. The van der Waals surface area contributed by atoms with Crippen molar-refractivity contribution in [2.75, 3.05) is 6.54 Å². The van der Waals surface area contributed by atoms with E-state index in [-0.39, 0.29) is 23.4 Å². The summed E-state index contributed by atoms with van der Waals surface area (Å²) in [5, 5.41) is 13.3. The van der Waals surface area contributed by atoms with Crippen molar-refractivity contribution in [1.82, 2.24) is 5.32 Å². The molecule has 0 unspecified atom stereocenters. The number of benzene rings is 2. The van der Waals surface area contributed by atoms with Gasteiger partial charge in [-0.3, -0.25) is 19.7 Å². The van der Waals surface area contributed by atoms with Crippen molar-refractivity contribution in [1.29, 1.82) is 0 Å². The van der Waals surface area contributed by atoms with Gasteiger partial charge in [0.15, 0.2) is 17.1 Å². The van der Waals surface area contributed by atoms with E-state index in [9.17, 15) is 19.5 Å². The number of carbonyl (C=O) groups is 3. The summed E-state index contributed by atoms with van der Waals surface area (Å²) >= 11 is 0. The number of aliphatic carboxylic acids is 1. The van der Waals surface area contributed by atoms with Gasteiger partial charge in [0.1, 0.15) is 0 Å². The molecule has 0 amide bonds. The van der Waals surface area contributed by atoms with Crippen LogP contribution < -0.4 is 5.32 Å². The first-order valence-corrected chi connectivity index (χ1v) is 10.8. The quantitative estimate of drug-likeness (QED) is 0.634. The lowest BCUT2D eigenvalue weighted by atomic mass is 9.72. The molecule has 31 heavy (non-hydrogen) atoms. The Labute approximate surface area is 183 Å². The van der Waals surface area contributed by atoms with E-state index in [1.165, 1.54) is 0 Å². The number of carboxylic acids is 1. The Kier molecular flexibility index (Phi) is 5.94. The monoisotopic (exact) mass is 421 g/mol. The Hall–Kier alpha value is -2.79. The van der Waals surface area contributed by atoms with Gasteiger partial charge >= 0.3 is 5.97 Å². The largest absolute Gasteiger partial charge is 0.481 e. The lowest BCUT2D eigenvalue weighted by molar-refractivity contribution is -0.142. The summed E-state index contributed by atoms with van der Waals surface area (Å²) in [6, 6.07) is 12.3. The van der Waals surface area contributed by atoms with Crippen molar-refractivity contribution < 1.29 is 19.5 Å². The SMILES string of the molecule is CC(C)CNC1(c2ccc(C(C)C)cc2C(C)(C)C(=O)O)C(=O)c2ccccc2C1=O. The van der Waals surface area contributed by atoms with Crippen molar-refractivity contribution in [2.24, 2.45) is 5.92 Å². The van der Waals surface area contributed by atoms with Gasteiger partial charge in [-0.2, -0.15) is 0 Å². The number of carbonyl (C=O) groups excluding carboxylic acids is 2. The number of ketones is 2. The molecule has 164 valence electrons. The Morgan fingerprint density at radius 2 is 1.55 bits per heavy atom. The van der Waals surface area contributed by atoms with Crippen LogP contribution in [0.2, 0.25) is 0 Å². The minimum atomic E-state index is -1.63. The number of Topliss-reactive ketones (excluding diaryl/α,β-unsaturated/α-hetero) is 2. The molecule has 5 nitrogen and oxygen atoms in total. The second kappa shape index (κ2) is 8.04. The minimum Gasteiger partial charge on any atom is -0.481 e. The lowest BCUT2D eigenvalue weighted by Gasteiger charge is -2.34. The molecule has 0 heterocycles. The van der Waals surface area contributed by atoms with E-state index in [1.807, 2.05) is 39.8 Å². The molecule has 0 atom stereocenters. The first-order valence-electron chi connectivity index (χ1n) is 10.8. The molecular weight excluding hydrogens is 390 g/mol. The Morgan fingerprint density at radius 3 is 2.00 bits per heavy atom. The van der Waals surface area contributed by atoms with Gasteiger partial charge in [0, 0.05) is 11.1 Å². The molecule has 2 aromatic rings. The van der Waals surface area contributed by atoms with Crippen LogP contribution in [0.5, 0.6) is 0 Å². The van der Waals surface area contributed by atoms with Crippen LogP contribution >= 0.6 is 0 Å². The highest BCUT2D eigenvalue weighted by atomic mass is 16.4. The molecule has 0 radical (unpaired) electrons. The second-order valence-corrected chi connectivity index (χ2v) is 9.62.